The van der Waals surface area contributed by atoms with Crippen molar-refractivity contribution < 1.29 is 37.6 Å². The molecule has 3 amide bonds. The third kappa shape index (κ3) is 6.96. The average molecular weight is 588 g/mol. The van der Waals surface area contributed by atoms with Crippen molar-refractivity contribution in [2.75, 3.05) is 26.7 Å². The molecule has 1 saturated heterocycles. The second-order valence-electron chi connectivity index (χ2n) is 11.0. The van der Waals surface area contributed by atoms with Crippen molar-refractivity contribution in [1.82, 2.24) is 20.4 Å². The van der Waals surface area contributed by atoms with E-state index in [0.29, 0.717) is 18.4 Å². The highest BCUT2D eigenvalue weighted by molar-refractivity contribution is 6.58. The van der Waals surface area contributed by atoms with Gasteiger partial charge in [0, 0.05) is 31.6 Å². The minimum atomic E-state index is -5.06. The van der Waals surface area contributed by atoms with Crippen molar-refractivity contribution in [3.05, 3.63) is 65.7 Å². The zero-order chi connectivity index (χ0) is 30.7. The van der Waals surface area contributed by atoms with Crippen molar-refractivity contribution >= 4 is 30.3 Å². The molecule has 2 aromatic rings. The van der Waals surface area contributed by atoms with Crippen LogP contribution in [0.25, 0.3) is 0 Å². The largest absolute Gasteiger partial charge is 0.488 e. The van der Waals surface area contributed by atoms with Crippen LogP contribution in [0.3, 0.4) is 0 Å². The van der Waals surface area contributed by atoms with Gasteiger partial charge in [-0.1, -0.05) is 54.6 Å². The monoisotopic (exact) mass is 588 g/mol. The first-order valence-corrected chi connectivity index (χ1v) is 14.0. The van der Waals surface area contributed by atoms with Crippen LogP contribution >= 0.6 is 0 Å². The second kappa shape index (κ2) is 12.8. The Labute approximate surface area is 243 Å². The van der Waals surface area contributed by atoms with Gasteiger partial charge in [-0.3, -0.25) is 14.4 Å². The van der Waals surface area contributed by atoms with E-state index in [2.05, 4.69) is 10.6 Å². The second-order valence-corrected chi connectivity index (χ2v) is 11.0. The number of halogens is 3. The molecule has 2 aliphatic rings. The van der Waals surface area contributed by atoms with Gasteiger partial charge in [0.25, 0.3) is 0 Å². The summed E-state index contributed by atoms with van der Waals surface area (Å²) in [6.45, 7) is 1.50. The molecule has 2 fully saturated rings. The average Bonchev–Trinajstić information content (AvgIpc) is 3.51. The third-order valence-electron chi connectivity index (χ3n) is 8.26. The number of carbonyl (C=O) groups excluding carboxylic acids is 3. The van der Waals surface area contributed by atoms with Gasteiger partial charge in [0.1, 0.15) is 5.54 Å². The van der Waals surface area contributed by atoms with E-state index < -0.39 is 54.6 Å². The number of likely N-dealkylation sites (tertiary alicyclic amines) is 1. The quantitative estimate of drug-likeness (QED) is 0.290. The molecule has 1 aliphatic heterocycles. The Hall–Kier alpha value is -3.42. The first-order valence-electron chi connectivity index (χ1n) is 14.0. The molecule has 42 heavy (non-hydrogen) atoms. The van der Waals surface area contributed by atoms with Gasteiger partial charge >= 0.3 is 19.2 Å². The van der Waals surface area contributed by atoms with Crippen molar-refractivity contribution in [3.63, 3.8) is 0 Å². The molecule has 4 N–H and O–H groups in total. The zero-order valence-electron chi connectivity index (χ0n) is 23.6. The minimum Gasteiger partial charge on any atom is -0.423 e. The Morgan fingerprint density at radius 3 is 2.38 bits per heavy atom. The molecule has 1 aliphatic carbocycles. The van der Waals surface area contributed by atoms with E-state index >= 15 is 0 Å². The summed E-state index contributed by atoms with van der Waals surface area (Å²) in [7, 11) is -0.0457. The van der Waals surface area contributed by atoms with Crippen LogP contribution in [0, 0.1) is 0 Å². The number of nitrogens with zero attached hydrogens (tertiary/aromatic N) is 2. The van der Waals surface area contributed by atoms with Crippen LogP contribution in [0.1, 0.15) is 43.2 Å². The SMILES string of the molecule is CN[C@@H](C)C(=O)N[C@]1(C(=O)N2CCC[C@H]2CN(CCc2ccccc2)C(=O)C(F)(F)F)C[C@H]1c1ccc(B(O)O)cc1. The molecule has 0 spiro atoms. The highest BCUT2D eigenvalue weighted by atomic mass is 19.4. The maximum absolute atomic E-state index is 14.2. The summed E-state index contributed by atoms with van der Waals surface area (Å²) in [5.74, 6) is -3.17. The number of carbonyl (C=O) groups is 3. The molecular formula is C29H36BF3N4O5. The fraction of sp³-hybridized carbons (Fsp3) is 0.483. The van der Waals surface area contributed by atoms with Crippen molar-refractivity contribution in [1.29, 1.82) is 0 Å². The van der Waals surface area contributed by atoms with Gasteiger partial charge < -0.3 is 30.5 Å². The Bertz CT molecular complexity index is 1260. The molecule has 0 aromatic heterocycles. The molecule has 0 radical (unpaired) electrons. The summed E-state index contributed by atoms with van der Waals surface area (Å²) in [6, 6.07) is 14.0. The summed E-state index contributed by atoms with van der Waals surface area (Å²) >= 11 is 0. The van der Waals surface area contributed by atoms with Gasteiger partial charge in [-0.15, -0.1) is 0 Å². The third-order valence-corrected chi connectivity index (χ3v) is 8.26. The number of rotatable bonds is 11. The van der Waals surface area contributed by atoms with Gasteiger partial charge in [0.05, 0.1) is 6.04 Å². The highest BCUT2D eigenvalue weighted by Crippen LogP contribution is 2.53. The molecule has 1 saturated carbocycles. The van der Waals surface area contributed by atoms with Crippen molar-refractivity contribution in [3.8, 4) is 0 Å². The standard InChI is InChI=1S/C29H36BF3N4O5/c1-19(34-2)25(38)35-28(17-24(28)21-10-12-22(13-11-21)30(41)42)26(39)37-15-6-9-23(37)18-36(27(40)29(31,32)33)16-14-20-7-4-3-5-8-20/h3-5,7-8,10-13,19,23-24,34,41-42H,6,9,14-18H2,1-2H3,(H,35,38)/t19-,23-,24-,28+/m0/s1. The summed E-state index contributed by atoms with van der Waals surface area (Å²) in [4.78, 5) is 41.8. The van der Waals surface area contributed by atoms with Gasteiger partial charge in [-0.05, 0) is 56.2 Å². The van der Waals surface area contributed by atoms with E-state index in [4.69, 9.17) is 0 Å². The molecule has 9 nitrogen and oxygen atoms in total. The lowest BCUT2D eigenvalue weighted by Gasteiger charge is -2.34. The maximum Gasteiger partial charge on any atom is 0.488 e. The number of hydrogen-bond acceptors (Lipinski definition) is 6. The molecule has 1 heterocycles. The molecule has 4 rings (SSSR count). The molecular weight excluding hydrogens is 552 g/mol. The Kier molecular flexibility index (Phi) is 9.64. The summed E-state index contributed by atoms with van der Waals surface area (Å²) in [5, 5.41) is 24.6. The fourth-order valence-electron chi connectivity index (χ4n) is 5.62. The van der Waals surface area contributed by atoms with Crippen LogP contribution < -0.4 is 16.1 Å². The topological polar surface area (TPSA) is 122 Å². The van der Waals surface area contributed by atoms with Gasteiger partial charge in [-0.2, -0.15) is 13.2 Å². The van der Waals surface area contributed by atoms with E-state index in [-0.39, 0.29) is 37.9 Å². The summed E-state index contributed by atoms with van der Waals surface area (Å²) in [5.41, 5.74) is 0.455. The van der Waals surface area contributed by atoms with Crippen molar-refractivity contribution in [2.45, 2.75) is 62.3 Å². The maximum atomic E-state index is 14.2. The number of alkyl halides is 3. The molecule has 0 bridgehead atoms. The Morgan fingerprint density at radius 2 is 1.79 bits per heavy atom. The predicted octanol–water partition coefficient (Wildman–Crippen LogP) is 0.941. The van der Waals surface area contributed by atoms with Gasteiger partial charge in [-0.25, -0.2) is 0 Å². The first kappa shape index (κ1) is 31.5. The van der Waals surface area contributed by atoms with E-state index in [1.54, 1.807) is 56.4 Å². The predicted molar refractivity (Wildman–Crippen MR) is 151 cm³/mol. The summed E-state index contributed by atoms with van der Waals surface area (Å²) < 4.78 is 40.7. The highest BCUT2D eigenvalue weighted by Gasteiger charge is 2.64. The van der Waals surface area contributed by atoms with E-state index in [0.717, 1.165) is 10.5 Å². The molecule has 13 heteroatoms. The molecule has 2 aromatic carbocycles. The van der Waals surface area contributed by atoms with Crippen LogP contribution in [0.5, 0.6) is 0 Å². The Morgan fingerprint density at radius 1 is 1.12 bits per heavy atom. The number of benzene rings is 2. The van der Waals surface area contributed by atoms with Gasteiger partial charge in [0.2, 0.25) is 11.8 Å². The van der Waals surface area contributed by atoms with Crippen LogP contribution in [0.4, 0.5) is 13.2 Å². The van der Waals surface area contributed by atoms with Crippen LogP contribution in [0.15, 0.2) is 54.6 Å². The van der Waals surface area contributed by atoms with Crippen LogP contribution in [-0.4, -0.2) is 95.2 Å². The lowest BCUT2D eigenvalue weighted by Crippen LogP contribution is -2.57. The lowest BCUT2D eigenvalue weighted by molar-refractivity contribution is -0.186. The molecule has 4 atom stereocenters. The van der Waals surface area contributed by atoms with E-state index in [9.17, 15) is 37.6 Å². The lowest BCUT2D eigenvalue weighted by atomic mass is 9.80. The van der Waals surface area contributed by atoms with Crippen molar-refractivity contribution in [2.24, 2.45) is 0 Å². The normalized spacial score (nSPS) is 22.4. The van der Waals surface area contributed by atoms with Crippen LogP contribution in [-0.2, 0) is 20.8 Å². The molecule has 0 unspecified atom stereocenters. The van der Waals surface area contributed by atoms with E-state index in [1.807, 2.05) is 0 Å². The van der Waals surface area contributed by atoms with E-state index in [1.165, 1.54) is 17.0 Å². The number of amides is 3. The minimum absolute atomic E-state index is 0.159. The fourth-order valence-corrected chi connectivity index (χ4v) is 5.62. The smallest absolute Gasteiger partial charge is 0.423 e. The Balaban J connectivity index is 1.57. The first-order chi connectivity index (χ1) is 19.9. The number of hydrogen-bond donors (Lipinski definition) is 4. The number of nitrogens with one attached hydrogen (secondary N) is 2. The molecule has 226 valence electrons. The van der Waals surface area contributed by atoms with Crippen LogP contribution in [0.2, 0.25) is 0 Å². The van der Waals surface area contributed by atoms with Gasteiger partial charge in [0.15, 0.2) is 0 Å². The number of likely N-dealkylation sites (N-methyl/N-ethyl adjacent to an activating group) is 1. The summed E-state index contributed by atoms with van der Waals surface area (Å²) in [6.07, 6.45) is -3.58. The zero-order valence-corrected chi connectivity index (χ0v) is 23.6.